The van der Waals surface area contributed by atoms with Crippen molar-refractivity contribution in [1.29, 1.82) is 0 Å². The smallest absolute Gasteiger partial charge is 0.243 e. The van der Waals surface area contributed by atoms with Gasteiger partial charge in [0.15, 0.2) is 0 Å². The van der Waals surface area contributed by atoms with Crippen LogP contribution in [0.25, 0.3) is 0 Å². The number of nitrogens with zero attached hydrogens (tertiary/aromatic N) is 1. The van der Waals surface area contributed by atoms with Crippen LogP contribution in [0.3, 0.4) is 0 Å². The molecule has 19 heavy (non-hydrogen) atoms. The van der Waals surface area contributed by atoms with Crippen molar-refractivity contribution >= 4 is 5.91 Å². The standard InChI is InChI=1S/C14H18N2O3/c1-5-6-7-8-9-10-11-18-16(13(2)17)12-14(3,4)19-15/h11-12,15H2,1-4H3. The van der Waals surface area contributed by atoms with E-state index in [1.165, 1.54) is 6.92 Å². The highest BCUT2D eigenvalue weighted by molar-refractivity contribution is 5.72. The van der Waals surface area contributed by atoms with Crippen molar-refractivity contribution < 1.29 is 14.5 Å². The van der Waals surface area contributed by atoms with Gasteiger partial charge in [0.1, 0.15) is 12.2 Å². The lowest BCUT2D eigenvalue weighted by molar-refractivity contribution is -0.196. The summed E-state index contributed by atoms with van der Waals surface area (Å²) in [4.78, 5) is 21.3. The van der Waals surface area contributed by atoms with Gasteiger partial charge >= 0.3 is 0 Å². The van der Waals surface area contributed by atoms with Gasteiger partial charge in [-0.3, -0.25) is 14.5 Å². The van der Waals surface area contributed by atoms with Crippen LogP contribution < -0.4 is 5.90 Å². The molecule has 2 N–H and O–H groups in total. The minimum Gasteiger partial charge on any atom is -0.297 e. The quantitative estimate of drug-likeness (QED) is 0.577. The van der Waals surface area contributed by atoms with Crippen LogP contribution in [0.5, 0.6) is 0 Å². The van der Waals surface area contributed by atoms with Crippen LogP contribution in [-0.2, 0) is 14.5 Å². The maximum absolute atomic E-state index is 11.4. The number of nitrogens with two attached hydrogens (primary N) is 1. The third-order valence-electron chi connectivity index (χ3n) is 1.89. The van der Waals surface area contributed by atoms with E-state index < -0.39 is 5.60 Å². The van der Waals surface area contributed by atoms with Gasteiger partial charge in [0.25, 0.3) is 0 Å². The Balaban J connectivity index is 4.35. The Morgan fingerprint density at radius 3 is 2.42 bits per heavy atom. The van der Waals surface area contributed by atoms with Crippen LogP contribution in [-0.4, -0.2) is 29.7 Å². The van der Waals surface area contributed by atoms with Crippen LogP contribution in [0.2, 0.25) is 0 Å². The summed E-state index contributed by atoms with van der Waals surface area (Å²) < 4.78 is 0. The van der Waals surface area contributed by atoms with E-state index in [2.05, 4.69) is 35.5 Å². The first-order valence-corrected chi connectivity index (χ1v) is 5.61. The number of hydrogen-bond donors (Lipinski definition) is 1. The highest BCUT2D eigenvalue weighted by atomic mass is 16.7. The van der Waals surface area contributed by atoms with E-state index in [0.29, 0.717) is 0 Å². The Labute approximate surface area is 114 Å². The van der Waals surface area contributed by atoms with Gasteiger partial charge in [-0.05, 0) is 44.5 Å². The van der Waals surface area contributed by atoms with Gasteiger partial charge in [-0.1, -0.05) is 11.8 Å². The molecule has 0 spiro atoms. The summed E-state index contributed by atoms with van der Waals surface area (Å²) in [7, 11) is 0. The van der Waals surface area contributed by atoms with Gasteiger partial charge in [0, 0.05) is 6.92 Å². The number of carbonyl (C=O) groups excluding carboxylic acids is 1. The fraction of sp³-hybridized carbons (Fsp3) is 0.500. The van der Waals surface area contributed by atoms with Crippen LogP contribution in [0.15, 0.2) is 0 Å². The molecule has 0 aliphatic heterocycles. The van der Waals surface area contributed by atoms with E-state index in [4.69, 9.17) is 15.6 Å². The zero-order chi connectivity index (χ0) is 14.7. The second kappa shape index (κ2) is 9.03. The second-order valence-electron chi connectivity index (χ2n) is 4.13. The van der Waals surface area contributed by atoms with Crippen LogP contribution in [0.4, 0.5) is 0 Å². The topological polar surface area (TPSA) is 64.8 Å². The van der Waals surface area contributed by atoms with Gasteiger partial charge < -0.3 is 0 Å². The van der Waals surface area contributed by atoms with Crippen molar-refractivity contribution in [2.45, 2.75) is 33.3 Å². The van der Waals surface area contributed by atoms with Gasteiger partial charge in [-0.25, -0.2) is 11.0 Å². The molecular formula is C14H18N2O3. The predicted octanol–water partition coefficient (Wildman–Crippen LogP) is 0.466. The van der Waals surface area contributed by atoms with E-state index >= 15 is 0 Å². The monoisotopic (exact) mass is 262 g/mol. The van der Waals surface area contributed by atoms with Crippen molar-refractivity contribution in [1.82, 2.24) is 5.06 Å². The van der Waals surface area contributed by atoms with E-state index in [1.807, 2.05) is 0 Å². The summed E-state index contributed by atoms with van der Waals surface area (Å²) in [5, 5.41) is 1.15. The first kappa shape index (κ1) is 17.0. The summed E-state index contributed by atoms with van der Waals surface area (Å²) in [5.41, 5.74) is -0.699. The second-order valence-corrected chi connectivity index (χ2v) is 4.13. The molecule has 5 nitrogen and oxygen atoms in total. The normalized spacial score (nSPS) is 9.11. The Kier molecular flexibility index (Phi) is 8.09. The number of carbonyl (C=O) groups is 1. The average Bonchev–Trinajstić information content (AvgIpc) is 2.36. The Morgan fingerprint density at radius 2 is 1.89 bits per heavy atom. The molecule has 0 unspecified atom stereocenters. The molecule has 0 atom stereocenters. The molecule has 0 saturated heterocycles. The molecule has 0 aliphatic rings. The largest absolute Gasteiger partial charge is 0.297 e. The Morgan fingerprint density at radius 1 is 1.26 bits per heavy atom. The highest BCUT2D eigenvalue weighted by Crippen LogP contribution is 2.09. The molecule has 0 heterocycles. The predicted molar refractivity (Wildman–Crippen MR) is 71.7 cm³/mol. The van der Waals surface area contributed by atoms with Crippen LogP contribution >= 0.6 is 0 Å². The Hall–Kier alpha value is -1.97. The van der Waals surface area contributed by atoms with Crippen molar-refractivity contribution in [2.24, 2.45) is 5.90 Å². The SMILES string of the molecule is CC#CC#CC#CCON(CC(C)(C)ON)C(C)=O. The van der Waals surface area contributed by atoms with E-state index in [9.17, 15) is 4.79 Å². The summed E-state index contributed by atoms with van der Waals surface area (Å²) in [6.45, 7) is 6.82. The fourth-order valence-corrected chi connectivity index (χ4v) is 0.946. The van der Waals surface area contributed by atoms with E-state index in [1.54, 1.807) is 20.8 Å². The fourth-order valence-electron chi connectivity index (χ4n) is 0.946. The van der Waals surface area contributed by atoms with E-state index in [-0.39, 0.29) is 19.1 Å². The molecule has 1 amide bonds. The molecule has 0 fully saturated rings. The summed E-state index contributed by atoms with van der Waals surface area (Å²) in [6, 6.07) is 0. The number of hydrogen-bond acceptors (Lipinski definition) is 4. The summed E-state index contributed by atoms with van der Waals surface area (Å²) >= 11 is 0. The lowest BCUT2D eigenvalue weighted by Gasteiger charge is -2.28. The maximum Gasteiger partial charge on any atom is 0.243 e. The molecule has 0 aromatic heterocycles. The first-order valence-electron chi connectivity index (χ1n) is 5.61. The molecule has 5 heteroatoms. The molecule has 0 radical (unpaired) electrons. The zero-order valence-electron chi connectivity index (χ0n) is 11.7. The molecule has 0 bridgehead atoms. The van der Waals surface area contributed by atoms with Crippen molar-refractivity contribution in [3.63, 3.8) is 0 Å². The third kappa shape index (κ3) is 8.71. The maximum atomic E-state index is 11.4. The molecule has 0 rings (SSSR count). The minimum atomic E-state index is -0.699. The van der Waals surface area contributed by atoms with Crippen molar-refractivity contribution in [3.8, 4) is 35.5 Å². The van der Waals surface area contributed by atoms with E-state index in [0.717, 1.165) is 5.06 Å². The average molecular weight is 262 g/mol. The van der Waals surface area contributed by atoms with Crippen molar-refractivity contribution in [2.75, 3.05) is 13.2 Å². The van der Waals surface area contributed by atoms with Gasteiger partial charge in [0.05, 0.1) is 6.54 Å². The lowest BCUT2D eigenvalue weighted by atomic mass is 10.1. The molecule has 0 aliphatic carbocycles. The first-order chi connectivity index (χ1) is 8.93. The molecule has 0 aromatic rings. The summed E-state index contributed by atoms with van der Waals surface area (Å²) in [5.74, 6) is 20.3. The zero-order valence-corrected chi connectivity index (χ0v) is 11.7. The number of amides is 1. The number of rotatable bonds is 5. The number of hydroxylamine groups is 2. The van der Waals surface area contributed by atoms with Crippen LogP contribution in [0.1, 0.15) is 27.7 Å². The molecule has 0 aromatic carbocycles. The van der Waals surface area contributed by atoms with Gasteiger partial charge in [-0.15, -0.1) is 0 Å². The van der Waals surface area contributed by atoms with Crippen molar-refractivity contribution in [3.05, 3.63) is 0 Å². The highest BCUT2D eigenvalue weighted by Gasteiger charge is 2.24. The van der Waals surface area contributed by atoms with Gasteiger partial charge in [0.2, 0.25) is 5.91 Å². The lowest BCUT2D eigenvalue weighted by Crippen LogP contribution is -2.44. The summed E-state index contributed by atoms with van der Waals surface area (Å²) in [6.07, 6.45) is 0. The minimum absolute atomic E-state index is 0.0501. The Bertz CT molecular complexity index is 478. The molecule has 102 valence electrons. The molecule has 0 saturated carbocycles. The van der Waals surface area contributed by atoms with Crippen LogP contribution in [0, 0.1) is 35.5 Å². The molecular weight excluding hydrogens is 244 g/mol. The van der Waals surface area contributed by atoms with Gasteiger partial charge in [-0.2, -0.15) is 0 Å². The third-order valence-corrected chi connectivity index (χ3v) is 1.89.